The molecule has 0 bridgehead atoms. The normalized spacial score (nSPS) is 27.9. The zero-order chi connectivity index (χ0) is 10.6. The standard InChI is InChI=1S/C12H26N2/c1-5-6-14(10(2)3)9-12-8-13-7-11(12)4/h10-13H,5-9H2,1-4H3/t11-,12+/m1/s1. The average molecular weight is 198 g/mol. The quantitative estimate of drug-likeness (QED) is 0.726. The Kier molecular flexibility index (Phi) is 4.90. The van der Waals surface area contributed by atoms with Crippen LogP contribution >= 0.6 is 0 Å². The summed E-state index contributed by atoms with van der Waals surface area (Å²) in [6.45, 7) is 14.2. The van der Waals surface area contributed by atoms with Gasteiger partial charge in [-0.15, -0.1) is 0 Å². The van der Waals surface area contributed by atoms with Gasteiger partial charge in [-0.05, 0) is 51.7 Å². The molecule has 84 valence electrons. The zero-order valence-corrected chi connectivity index (χ0v) is 10.2. The molecule has 1 rings (SSSR count). The zero-order valence-electron chi connectivity index (χ0n) is 10.2. The summed E-state index contributed by atoms with van der Waals surface area (Å²) in [4.78, 5) is 2.62. The van der Waals surface area contributed by atoms with E-state index in [1.807, 2.05) is 0 Å². The van der Waals surface area contributed by atoms with Crippen molar-refractivity contribution in [3.05, 3.63) is 0 Å². The van der Waals surface area contributed by atoms with Crippen LogP contribution in [0.3, 0.4) is 0 Å². The van der Waals surface area contributed by atoms with Crippen LogP contribution in [-0.2, 0) is 0 Å². The Labute approximate surface area is 89.1 Å². The van der Waals surface area contributed by atoms with Crippen molar-refractivity contribution >= 4 is 0 Å². The molecular weight excluding hydrogens is 172 g/mol. The van der Waals surface area contributed by atoms with Gasteiger partial charge in [0.25, 0.3) is 0 Å². The molecule has 1 fully saturated rings. The molecule has 1 saturated heterocycles. The van der Waals surface area contributed by atoms with E-state index in [0.29, 0.717) is 6.04 Å². The van der Waals surface area contributed by atoms with Crippen molar-refractivity contribution < 1.29 is 0 Å². The summed E-state index contributed by atoms with van der Waals surface area (Å²) in [5, 5.41) is 3.48. The van der Waals surface area contributed by atoms with Gasteiger partial charge < -0.3 is 10.2 Å². The average Bonchev–Trinajstić information content (AvgIpc) is 2.51. The van der Waals surface area contributed by atoms with Crippen LogP contribution in [0.2, 0.25) is 0 Å². The van der Waals surface area contributed by atoms with Crippen molar-refractivity contribution in [3.8, 4) is 0 Å². The van der Waals surface area contributed by atoms with Crippen molar-refractivity contribution in [3.63, 3.8) is 0 Å². The maximum atomic E-state index is 3.48. The van der Waals surface area contributed by atoms with Gasteiger partial charge in [-0.3, -0.25) is 0 Å². The lowest BCUT2D eigenvalue weighted by atomic mass is 9.97. The summed E-state index contributed by atoms with van der Waals surface area (Å²) in [6.07, 6.45) is 1.27. The van der Waals surface area contributed by atoms with Crippen molar-refractivity contribution in [1.82, 2.24) is 10.2 Å². The van der Waals surface area contributed by atoms with Gasteiger partial charge in [-0.25, -0.2) is 0 Å². The maximum Gasteiger partial charge on any atom is 0.00387 e. The van der Waals surface area contributed by atoms with Gasteiger partial charge in [-0.2, -0.15) is 0 Å². The molecule has 1 N–H and O–H groups in total. The molecule has 2 atom stereocenters. The predicted octanol–water partition coefficient (Wildman–Crippen LogP) is 1.96. The first kappa shape index (κ1) is 12.0. The molecule has 2 heteroatoms. The SMILES string of the molecule is CCCN(C[C@@H]1CNC[C@H]1C)C(C)C. The highest BCUT2D eigenvalue weighted by Crippen LogP contribution is 2.18. The molecule has 14 heavy (non-hydrogen) atoms. The van der Waals surface area contributed by atoms with Crippen molar-refractivity contribution in [2.24, 2.45) is 11.8 Å². The largest absolute Gasteiger partial charge is 0.316 e. The number of nitrogens with zero attached hydrogens (tertiary/aromatic N) is 1. The molecule has 1 aliphatic heterocycles. The van der Waals surface area contributed by atoms with Gasteiger partial charge in [0, 0.05) is 12.6 Å². The Hall–Kier alpha value is -0.0800. The van der Waals surface area contributed by atoms with Gasteiger partial charge in [-0.1, -0.05) is 13.8 Å². The van der Waals surface area contributed by atoms with E-state index in [1.165, 1.54) is 32.6 Å². The van der Waals surface area contributed by atoms with E-state index in [2.05, 4.69) is 37.9 Å². The van der Waals surface area contributed by atoms with Crippen molar-refractivity contribution in [2.45, 2.75) is 40.2 Å². The first-order chi connectivity index (χ1) is 6.65. The van der Waals surface area contributed by atoms with Crippen LogP contribution < -0.4 is 5.32 Å². The van der Waals surface area contributed by atoms with E-state index >= 15 is 0 Å². The molecule has 0 unspecified atom stereocenters. The molecule has 0 saturated carbocycles. The lowest BCUT2D eigenvalue weighted by molar-refractivity contribution is 0.178. The molecule has 1 aliphatic rings. The number of nitrogens with one attached hydrogen (secondary N) is 1. The van der Waals surface area contributed by atoms with Gasteiger partial charge in [0.15, 0.2) is 0 Å². The lowest BCUT2D eigenvalue weighted by Crippen LogP contribution is -2.37. The van der Waals surface area contributed by atoms with Crippen LogP contribution in [0.1, 0.15) is 34.1 Å². The molecule has 2 nitrogen and oxygen atoms in total. The Morgan fingerprint density at radius 1 is 1.36 bits per heavy atom. The van der Waals surface area contributed by atoms with E-state index in [4.69, 9.17) is 0 Å². The minimum Gasteiger partial charge on any atom is -0.316 e. The highest BCUT2D eigenvalue weighted by molar-refractivity contribution is 4.81. The summed E-state index contributed by atoms with van der Waals surface area (Å²) >= 11 is 0. The minimum atomic E-state index is 0.697. The summed E-state index contributed by atoms with van der Waals surface area (Å²) < 4.78 is 0. The van der Waals surface area contributed by atoms with Gasteiger partial charge >= 0.3 is 0 Å². The summed E-state index contributed by atoms with van der Waals surface area (Å²) in [7, 11) is 0. The second-order valence-corrected chi connectivity index (χ2v) is 4.98. The third-order valence-electron chi connectivity index (χ3n) is 3.39. The van der Waals surface area contributed by atoms with Crippen LogP contribution in [-0.4, -0.2) is 37.1 Å². The fourth-order valence-corrected chi connectivity index (χ4v) is 2.26. The second kappa shape index (κ2) is 5.72. The Balaban J connectivity index is 2.37. The van der Waals surface area contributed by atoms with E-state index in [0.717, 1.165) is 11.8 Å². The third kappa shape index (κ3) is 3.25. The minimum absolute atomic E-state index is 0.697. The fourth-order valence-electron chi connectivity index (χ4n) is 2.26. The fraction of sp³-hybridized carbons (Fsp3) is 1.00. The second-order valence-electron chi connectivity index (χ2n) is 4.98. The molecule has 0 aromatic carbocycles. The molecule has 1 heterocycles. The number of rotatable bonds is 5. The van der Waals surface area contributed by atoms with E-state index < -0.39 is 0 Å². The molecule has 0 spiro atoms. The summed E-state index contributed by atoms with van der Waals surface area (Å²) in [6, 6.07) is 0.697. The molecule has 0 aromatic heterocycles. The van der Waals surface area contributed by atoms with Gasteiger partial charge in [0.05, 0.1) is 0 Å². The van der Waals surface area contributed by atoms with Gasteiger partial charge in [0.1, 0.15) is 0 Å². The smallest absolute Gasteiger partial charge is 0.00387 e. The van der Waals surface area contributed by atoms with Crippen LogP contribution in [0.25, 0.3) is 0 Å². The maximum absolute atomic E-state index is 3.48. The highest BCUT2D eigenvalue weighted by Gasteiger charge is 2.25. The topological polar surface area (TPSA) is 15.3 Å². The molecule has 0 aromatic rings. The third-order valence-corrected chi connectivity index (χ3v) is 3.39. The first-order valence-electron chi connectivity index (χ1n) is 6.09. The monoisotopic (exact) mass is 198 g/mol. The highest BCUT2D eigenvalue weighted by atomic mass is 15.2. The van der Waals surface area contributed by atoms with Crippen LogP contribution in [0.4, 0.5) is 0 Å². The summed E-state index contributed by atoms with van der Waals surface area (Å²) in [5.41, 5.74) is 0. The van der Waals surface area contributed by atoms with E-state index in [1.54, 1.807) is 0 Å². The Morgan fingerprint density at radius 2 is 2.07 bits per heavy atom. The predicted molar refractivity (Wildman–Crippen MR) is 62.5 cm³/mol. The van der Waals surface area contributed by atoms with Crippen molar-refractivity contribution in [1.29, 1.82) is 0 Å². The van der Waals surface area contributed by atoms with Crippen LogP contribution in [0.5, 0.6) is 0 Å². The number of hydrogen-bond donors (Lipinski definition) is 1. The van der Waals surface area contributed by atoms with Crippen LogP contribution in [0.15, 0.2) is 0 Å². The van der Waals surface area contributed by atoms with Crippen molar-refractivity contribution in [2.75, 3.05) is 26.2 Å². The number of hydrogen-bond acceptors (Lipinski definition) is 2. The van der Waals surface area contributed by atoms with Gasteiger partial charge in [0.2, 0.25) is 0 Å². The summed E-state index contributed by atoms with van der Waals surface area (Å²) in [5.74, 6) is 1.72. The molecule has 0 aliphatic carbocycles. The van der Waals surface area contributed by atoms with E-state index in [9.17, 15) is 0 Å². The Morgan fingerprint density at radius 3 is 2.50 bits per heavy atom. The first-order valence-corrected chi connectivity index (χ1v) is 6.09. The molecular formula is C12H26N2. The molecule has 0 radical (unpaired) electrons. The van der Waals surface area contributed by atoms with Crippen LogP contribution in [0, 0.1) is 11.8 Å². The van der Waals surface area contributed by atoms with E-state index in [-0.39, 0.29) is 0 Å². The Bertz CT molecular complexity index is 156. The lowest BCUT2D eigenvalue weighted by Gasteiger charge is -2.30. The molecule has 0 amide bonds.